The quantitative estimate of drug-likeness (QED) is 0.642. The zero-order chi connectivity index (χ0) is 19.2. The highest BCUT2D eigenvalue weighted by Gasteiger charge is 2.55. The molecule has 2 atom stereocenters. The molecule has 1 heterocycles. The first kappa shape index (κ1) is 19.8. The smallest absolute Gasteiger partial charge is 0.462 e. The van der Waals surface area contributed by atoms with E-state index in [2.05, 4.69) is 0 Å². The molecule has 4 nitrogen and oxygen atoms in total. The molecule has 1 aliphatic heterocycles. The molecule has 1 unspecified atom stereocenters. The highest BCUT2D eigenvalue weighted by molar-refractivity contribution is 6.48. The molecule has 1 N–H and O–H groups in total. The zero-order valence-corrected chi connectivity index (χ0v) is 14.9. The summed E-state index contributed by atoms with van der Waals surface area (Å²) in [6.45, 7) is 8.71. The molecule has 1 aliphatic rings. The largest absolute Gasteiger partial charge is 0.481 e. The van der Waals surface area contributed by atoms with Gasteiger partial charge in [-0.25, -0.2) is 13.2 Å². The molecule has 0 radical (unpaired) electrons. The SMILES string of the molecule is C[C@@H](C(=O)O)C(Cc1cc(F)c(F)cc1F)B1OC(C)(C)C(C)(C)O1. The van der Waals surface area contributed by atoms with Crippen LogP contribution in [0.15, 0.2) is 12.1 Å². The Kier molecular flexibility index (Phi) is 5.26. The van der Waals surface area contributed by atoms with Gasteiger partial charge < -0.3 is 14.4 Å². The van der Waals surface area contributed by atoms with E-state index < -0.39 is 53.5 Å². The fourth-order valence-electron chi connectivity index (χ4n) is 2.73. The van der Waals surface area contributed by atoms with Crippen molar-refractivity contribution < 1.29 is 32.4 Å². The van der Waals surface area contributed by atoms with Crippen molar-refractivity contribution in [2.45, 2.75) is 58.1 Å². The van der Waals surface area contributed by atoms with Crippen LogP contribution in [0.5, 0.6) is 0 Å². The highest BCUT2D eigenvalue weighted by atomic mass is 19.2. The van der Waals surface area contributed by atoms with E-state index in [0.29, 0.717) is 6.07 Å². The molecule has 0 spiro atoms. The Morgan fingerprint density at radius 3 is 2.04 bits per heavy atom. The number of aliphatic carboxylic acids is 1. The van der Waals surface area contributed by atoms with Gasteiger partial charge in [0.1, 0.15) is 5.82 Å². The van der Waals surface area contributed by atoms with E-state index >= 15 is 0 Å². The van der Waals surface area contributed by atoms with Crippen LogP contribution in [-0.4, -0.2) is 29.4 Å². The standard InChI is InChI=1S/C17H22BF3O4/c1-9(15(22)23)11(18-24-16(2,3)17(4,5)25-18)6-10-7-13(20)14(21)8-12(10)19/h7-9,11H,6H2,1-5H3,(H,22,23)/t9-,11?/m1/s1. The topological polar surface area (TPSA) is 55.8 Å². The maximum absolute atomic E-state index is 14.0. The van der Waals surface area contributed by atoms with Crippen LogP contribution >= 0.6 is 0 Å². The Balaban J connectivity index is 2.36. The molecule has 1 aromatic rings. The first-order valence-electron chi connectivity index (χ1n) is 8.07. The van der Waals surface area contributed by atoms with Crippen LogP contribution in [0.1, 0.15) is 40.2 Å². The maximum Gasteiger partial charge on any atom is 0.462 e. The lowest BCUT2D eigenvalue weighted by molar-refractivity contribution is -0.141. The van der Waals surface area contributed by atoms with Gasteiger partial charge in [0.05, 0.1) is 17.1 Å². The number of hydrogen-bond donors (Lipinski definition) is 1. The van der Waals surface area contributed by atoms with Gasteiger partial charge in [-0.05, 0) is 45.7 Å². The maximum atomic E-state index is 14.0. The molecule has 1 aromatic carbocycles. The minimum Gasteiger partial charge on any atom is -0.481 e. The van der Waals surface area contributed by atoms with Gasteiger partial charge in [-0.3, -0.25) is 4.79 Å². The summed E-state index contributed by atoms with van der Waals surface area (Å²) in [5.74, 6) is -6.24. The summed E-state index contributed by atoms with van der Waals surface area (Å²) in [4.78, 5) is 11.5. The number of hydrogen-bond acceptors (Lipinski definition) is 3. The summed E-state index contributed by atoms with van der Waals surface area (Å²) in [5.41, 5.74) is -1.51. The van der Waals surface area contributed by atoms with Crippen LogP contribution in [0.3, 0.4) is 0 Å². The monoisotopic (exact) mass is 358 g/mol. The number of halogens is 3. The summed E-state index contributed by atoms with van der Waals surface area (Å²) < 4.78 is 52.4. The second kappa shape index (κ2) is 6.65. The van der Waals surface area contributed by atoms with Crippen LogP contribution in [-0.2, 0) is 20.5 Å². The van der Waals surface area contributed by atoms with Crippen molar-refractivity contribution in [3.05, 3.63) is 35.1 Å². The summed E-state index contributed by atoms with van der Waals surface area (Å²) in [5, 5.41) is 9.38. The Morgan fingerprint density at radius 2 is 1.56 bits per heavy atom. The third-order valence-corrected chi connectivity index (χ3v) is 5.20. The van der Waals surface area contributed by atoms with E-state index in [1.807, 2.05) is 27.7 Å². The average Bonchev–Trinajstić information content (AvgIpc) is 2.68. The highest BCUT2D eigenvalue weighted by Crippen LogP contribution is 2.43. The molecule has 8 heteroatoms. The molecule has 0 bridgehead atoms. The van der Waals surface area contributed by atoms with Gasteiger partial charge in [-0.2, -0.15) is 0 Å². The normalized spacial score (nSPS) is 21.2. The Morgan fingerprint density at radius 1 is 1.08 bits per heavy atom. The van der Waals surface area contributed by atoms with Gasteiger partial charge >= 0.3 is 13.1 Å². The van der Waals surface area contributed by atoms with E-state index in [1.54, 1.807) is 0 Å². The molecule has 1 saturated heterocycles. The number of carboxylic acid groups (broad SMARTS) is 1. The Bertz CT molecular complexity index is 662. The molecule has 2 rings (SSSR count). The summed E-state index contributed by atoms with van der Waals surface area (Å²) in [7, 11) is -0.913. The number of carboxylic acids is 1. The molecule has 0 aromatic heterocycles. The van der Waals surface area contributed by atoms with E-state index in [9.17, 15) is 23.1 Å². The van der Waals surface area contributed by atoms with Gasteiger partial charge in [0.15, 0.2) is 11.6 Å². The van der Waals surface area contributed by atoms with Gasteiger partial charge in [-0.15, -0.1) is 0 Å². The predicted octanol–water partition coefficient (Wildman–Crippen LogP) is 3.83. The number of benzene rings is 1. The fraction of sp³-hybridized carbons (Fsp3) is 0.588. The minimum atomic E-state index is -1.29. The average molecular weight is 358 g/mol. The summed E-state index contributed by atoms with van der Waals surface area (Å²) in [6, 6.07) is 1.20. The molecule has 138 valence electrons. The predicted molar refractivity (Wildman–Crippen MR) is 86.7 cm³/mol. The van der Waals surface area contributed by atoms with Crippen molar-refractivity contribution in [2.24, 2.45) is 5.92 Å². The van der Waals surface area contributed by atoms with Gasteiger partial charge in [0.25, 0.3) is 0 Å². The molecule has 0 saturated carbocycles. The van der Waals surface area contributed by atoms with E-state index in [0.717, 1.165) is 6.07 Å². The van der Waals surface area contributed by atoms with Crippen LogP contribution in [0.4, 0.5) is 13.2 Å². The third kappa shape index (κ3) is 3.85. The van der Waals surface area contributed by atoms with E-state index in [1.165, 1.54) is 6.92 Å². The van der Waals surface area contributed by atoms with Crippen molar-refractivity contribution in [1.29, 1.82) is 0 Å². The third-order valence-electron chi connectivity index (χ3n) is 5.20. The second-order valence-corrected chi connectivity index (χ2v) is 7.48. The van der Waals surface area contributed by atoms with Crippen LogP contribution in [0, 0.1) is 23.4 Å². The van der Waals surface area contributed by atoms with Crippen LogP contribution < -0.4 is 0 Å². The van der Waals surface area contributed by atoms with Crippen molar-refractivity contribution in [3.63, 3.8) is 0 Å². The van der Waals surface area contributed by atoms with Gasteiger partial charge in [0, 0.05) is 11.9 Å². The molecule has 25 heavy (non-hydrogen) atoms. The number of carbonyl (C=O) groups is 1. The van der Waals surface area contributed by atoms with Crippen molar-refractivity contribution in [2.75, 3.05) is 0 Å². The minimum absolute atomic E-state index is 0.119. The lowest BCUT2D eigenvalue weighted by Gasteiger charge is -2.32. The zero-order valence-electron chi connectivity index (χ0n) is 14.9. The number of rotatable bonds is 5. The lowest BCUT2D eigenvalue weighted by Crippen LogP contribution is -2.41. The lowest BCUT2D eigenvalue weighted by atomic mass is 9.62. The Labute approximate surface area is 145 Å². The summed E-state index contributed by atoms with van der Waals surface area (Å²) >= 11 is 0. The van der Waals surface area contributed by atoms with E-state index in [4.69, 9.17) is 9.31 Å². The molecule has 0 amide bonds. The summed E-state index contributed by atoms with van der Waals surface area (Å²) in [6.07, 6.45) is -0.159. The van der Waals surface area contributed by atoms with Crippen molar-refractivity contribution >= 4 is 13.1 Å². The van der Waals surface area contributed by atoms with Crippen molar-refractivity contribution in [3.8, 4) is 0 Å². The molecule has 0 aliphatic carbocycles. The van der Waals surface area contributed by atoms with Gasteiger partial charge in [0.2, 0.25) is 0 Å². The van der Waals surface area contributed by atoms with Gasteiger partial charge in [-0.1, -0.05) is 6.92 Å². The van der Waals surface area contributed by atoms with E-state index in [-0.39, 0.29) is 12.0 Å². The molecule has 1 fully saturated rings. The van der Waals surface area contributed by atoms with Crippen LogP contribution in [0.2, 0.25) is 5.82 Å². The van der Waals surface area contributed by atoms with Crippen LogP contribution in [0.25, 0.3) is 0 Å². The Hall–Kier alpha value is -1.54. The fourth-order valence-corrected chi connectivity index (χ4v) is 2.73. The molecular weight excluding hydrogens is 336 g/mol. The second-order valence-electron chi connectivity index (χ2n) is 7.48. The van der Waals surface area contributed by atoms with Crippen molar-refractivity contribution in [1.82, 2.24) is 0 Å². The first-order valence-corrected chi connectivity index (χ1v) is 8.07. The first-order chi connectivity index (χ1) is 11.4. The molecular formula is C17H22BF3O4.